The van der Waals surface area contributed by atoms with E-state index in [-0.39, 0.29) is 24.1 Å². The predicted molar refractivity (Wildman–Crippen MR) is 78.9 cm³/mol. The maximum atomic E-state index is 12.0. The Morgan fingerprint density at radius 2 is 2.15 bits per heavy atom. The molecule has 1 aliphatic rings. The molecule has 4 nitrogen and oxygen atoms in total. The largest absolute Gasteiger partial charge is 0.456 e. The third-order valence-electron chi connectivity index (χ3n) is 3.40. The number of hydrogen-bond acceptors (Lipinski definition) is 5. The van der Waals surface area contributed by atoms with Gasteiger partial charge >= 0.3 is 5.97 Å². The zero-order chi connectivity index (χ0) is 14.4. The van der Waals surface area contributed by atoms with E-state index in [0.29, 0.717) is 24.7 Å². The SMILES string of the molecule is CSCOC[C@H]1OCC(OC(=O)c2ccccc2)[C@H]1C. The van der Waals surface area contributed by atoms with Crippen molar-refractivity contribution < 1.29 is 19.0 Å². The summed E-state index contributed by atoms with van der Waals surface area (Å²) in [4.78, 5) is 12.0. The number of carbonyl (C=O) groups excluding carboxylic acids is 1. The van der Waals surface area contributed by atoms with Crippen LogP contribution in [0, 0.1) is 5.92 Å². The van der Waals surface area contributed by atoms with E-state index in [9.17, 15) is 4.79 Å². The van der Waals surface area contributed by atoms with E-state index in [2.05, 4.69) is 0 Å². The van der Waals surface area contributed by atoms with Crippen LogP contribution in [-0.4, -0.2) is 43.6 Å². The van der Waals surface area contributed by atoms with Crippen molar-refractivity contribution in [2.45, 2.75) is 19.1 Å². The maximum absolute atomic E-state index is 12.0. The fourth-order valence-corrected chi connectivity index (χ4v) is 2.39. The Hall–Kier alpha value is -1.04. The van der Waals surface area contributed by atoms with Crippen molar-refractivity contribution in [3.8, 4) is 0 Å². The second-order valence-electron chi connectivity index (χ2n) is 4.82. The summed E-state index contributed by atoms with van der Waals surface area (Å²) in [7, 11) is 0. The molecule has 2 rings (SSSR count). The molecule has 0 aliphatic carbocycles. The molecule has 1 fully saturated rings. The van der Waals surface area contributed by atoms with Crippen molar-refractivity contribution in [2.75, 3.05) is 25.4 Å². The van der Waals surface area contributed by atoms with E-state index in [1.165, 1.54) is 0 Å². The molecule has 20 heavy (non-hydrogen) atoms. The Labute approximate surface area is 123 Å². The first kappa shape index (κ1) is 15.4. The third kappa shape index (κ3) is 3.98. The zero-order valence-electron chi connectivity index (χ0n) is 11.8. The van der Waals surface area contributed by atoms with Crippen LogP contribution in [0.4, 0.5) is 0 Å². The number of carbonyl (C=O) groups is 1. The molecule has 110 valence electrons. The lowest BCUT2D eigenvalue weighted by atomic mass is 10.0. The number of ether oxygens (including phenoxy) is 3. The lowest BCUT2D eigenvalue weighted by molar-refractivity contribution is 0.0171. The summed E-state index contributed by atoms with van der Waals surface area (Å²) < 4.78 is 16.6. The highest BCUT2D eigenvalue weighted by Gasteiger charge is 2.36. The lowest BCUT2D eigenvalue weighted by Gasteiger charge is -2.18. The van der Waals surface area contributed by atoms with Crippen molar-refractivity contribution in [2.24, 2.45) is 5.92 Å². The number of esters is 1. The molecule has 5 heteroatoms. The average Bonchev–Trinajstić information content (AvgIpc) is 2.81. The van der Waals surface area contributed by atoms with Gasteiger partial charge < -0.3 is 14.2 Å². The van der Waals surface area contributed by atoms with E-state index in [4.69, 9.17) is 14.2 Å². The predicted octanol–water partition coefficient (Wildman–Crippen LogP) is 2.58. The molecule has 0 radical (unpaired) electrons. The topological polar surface area (TPSA) is 44.8 Å². The van der Waals surface area contributed by atoms with Crippen LogP contribution >= 0.6 is 11.8 Å². The average molecular weight is 296 g/mol. The van der Waals surface area contributed by atoms with Gasteiger partial charge in [-0.1, -0.05) is 25.1 Å². The Morgan fingerprint density at radius 3 is 2.85 bits per heavy atom. The first-order chi connectivity index (χ1) is 9.72. The molecule has 0 amide bonds. The molecule has 3 atom stereocenters. The van der Waals surface area contributed by atoms with E-state index in [1.54, 1.807) is 23.9 Å². The van der Waals surface area contributed by atoms with Crippen LogP contribution in [0.25, 0.3) is 0 Å². The minimum absolute atomic E-state index is 0.00396. The van der Waals surface area contributed by atoms with Gasteiger partial charge in [0.25, 0.3) is 0 Å². The maximum Gasteiger partial charge on any atom is 0.338 e. The molecule has 1 saturated heterocycles. The molecule has 0 aromatic heterocycles. The molecule has 1 aliphatic heterocycles. The molecule has 0 bridgehead atoms. The first-order valence-electron chi connectivity index (χ1n) is 6.66. The van der Waals surface area contributed by atoms with Gasteiger partial charge in [0.05, 0.1) is 30.8 Å². The Bertz CT molecular complexity index is 423. The van der Waals surface area contributed by atoms with Crippen LogP contribution < -0.4 is 0 Å². The van der Waals surface area contributed by atoms with Gasteiger partial charge in [-0.2, -0.15) is 0 Å². The summed E-state index contributed by atoms with van der Waals surface area (Å²) in [5.41, 5.74) is 0.571. The molecule has 1 heterocycles. The van der Waals surface area contributed by atoms with Crippen LogP contribution in [0.1, 0.15) is 17.3 Å². The van der Waals surface area contributed by atoms with Gasteiger partial charge in [0, 0.05) is 5.92 Å². The second-order valence-corrected chi connectivity index (χ2v) is 5.63. The summed E-state index contributed by atoms with van der Waals surface area (Å²) in [5, 5.41) is 0. The van der Waals surface area contributed by atoms with Gasteiger partial charge in [-0.3, -0.25) is 0 Å². The minimum Gasteiger partial charge on any atom is -0.456 e. The van der Waals surface area contributed by atoms with Crippen LogP contribution in [0.5, 0.6) is 0 Å². The quantitative estimate of drug-likeness (QED) is 0.459. The summed E-state index contributed by atoms with van der Waals surface area (Å²) >= 11 is 1.63. The highest BCUT2D eigenvalue weighted by molar-refractivity contribution is 7.98. The van der Waals surface area contributed by atoms with Crippen LogP contribution in [0.3, 0.4) is 0 Å². The standard InChI is InChI=1S/C15H20O4S/c1-11-13(8-17-10-20-2)18-9-14(11)19-15(16)12-6-4-3-5-7-12/h3-7,11,13-14H,8-10H2,1-2H3/t11-,13+,14?/m0/s1. The highest BCUT2D eigenvalue weighted by Crippen LogP contribution is 2.25. The molecular formula is C15H20O4S. The Kier molecular flexibility index (Phi) is 5.88. The van der Waals surface area contributed by atoms with Gasteiger partial charge in [0.15, 0.2) is 0 Å². The fourth-order valence-electron chi connectivity index (χ4n) is 2.13. The Balaban J connectivity index is 1.84. The summed E-state index contributed by atoms with van der Waals surface area (Å²) in [6.45, 7) is 3.01. The smallest absolute Gasteiger partial charge is 0.338 e. The minimum atomic E-state index is -0.295. The van der Waals surface area contributed by atoms with Crippen molar-refractivity contribution in [1.82, 2.24) is 0 Å². The fraction of sp³-hybridized carbons (Fsp3) is 0.533. The van der Waals surface area contributed by atoms with Crippen LogP contribution in [0.15, 0.2) is 30.3 Å². The number of thioether (sulfide) groups is 1. The van der Waals surface area contributed by atoms with Crippen LogP contribution in [-0.2, 0) is 14.2 Å². The van der Waals surface area contributed by atoms with E-state index in [0.717, 1.165) is 0 Å². The van der Waals surface area contributed by atoms with Crippen molar-refractivity contribution in [1.29, 1.82) is 0 Å². The van der Waals surface area contributed by atoms with Gasteiger partial charge in [-0.15, -0.1) is 11.8 Å². The van der Waals surface area contributed by atoms with E-state index < -0.39 is 0 Å². The Morgan fingerprint density at radius 1 is 1.40 bits per heavy atom. The lowest BCUT2D eigenvalue weighted by Crippen LogP contribution is -2.29. The van der Waals surface area contributed by atoms with E-state index in [1.807, 2.05) is 31.4 Å². The number of benzene rings is 1. The molecule has 0 N–H and O–H groups in total. The van der Waals surface area contributed by atoms with Crippen molar-refractivity contribution >= 4 is 17.7 Å². The molecule has 0 saturated carbocycles. The summed E-state index contributed by atoms with van der Waals surface area (Å²) in [6.07, 6.45) is 1.78. The van der Waals surface area contributed by atoms with Gasteiger partial charge in [-0.25, -0.2) is 4.79 Å². The second kappa shape index (κ2) is 7.67. The number of hydrogen-bond donors (Lipinski definition) is 0. The van der Waals surface area contributed by atoms with Crippen LogP contribution in [0.2, 0.25) is 0 Å². The van der Waals surface area contributed by atoms with Crippen molar-refractivity contribution in [3.63, 3.8) is 0 Å². The number of rotatable bonds is 6. The monoisotopic (exact) mass is 296 g/mol. The van der Waals surface area contributed by atoms with Gasteiger partial charge in [0.2, 0.25) is 0 Å². The molecule has 0 spiro atoms. The first-order valence-corrected chi connectivity index (χ1v) is 8.06. The van der Waals surface area contributed by atoms with E-state index >= 15 is 0 Å². The summed E-state index contributed by atoms with van der Waals surface area (Å²) in [6, 6.07) is 9.02. The van der Waals surface area contributed by atoms with Gasteiger partial charge in [0.1, 0.15) is 6.10 Å². The highest BCUT2D eigenvalue weighted by atomic mass is 32.2. The van der Waals surface area contributed by atoms with Crippen molar-refractivity contribution in [3.05, 3.63) is 35.9 Å². The third-order valence-corrected chi connectivity index (χ3v) is 3.80. The zero-order valence-corrected chi connectivity index (χ0v) is 12.6. The molecule has 1 aromatic rings. The molecule has 1 aromatic carbocycles. The van der Waals surface area contributed by atoms with Gasteiger partial charge in [-0.05, 0) is 18.4 Å². The molecular weight excluding hydrogens is 276 g/mol. The normalized spacial score (nSPS) is 25.6. The molecule has 1 unspecified atom stereocenters. The summed E-state index contributed by atoms with van der Waals surface area (Å²) in [5.74, 6) is 0.502.